The van der Waals surface area contributed by atoms with Crippen molar-refractivity contribution in [3.8, 4) is 0 Å². The predicted octanol–water partition coefficient (Wildman–Crippen LogP) is 3.21. The lowest BCUT2D eigenvalue weighted by Gasteiger charge is -2.22. The van der Waals surface area contributed by atoms with Crippen molar-refractivity contribution >= 4 is 29.6 Å². The van der Waals surface area contributed by atoms with Crippen molar-refractivity contribution in [3.05, 3.63) is 138 Å². The number of Topliss-reactive ketones (excluding diaryl/α,β-unsaturated/α-hetero) is 1. The molecule has 0 fully saturated rings. The summed E-state index contributed by atoms with van der Waals surface area (Å²) in [5.74, 6) is -3.60. The summed E-state index contributed by atoms with van der Waals surface area (Å²) >= 11 is 0. The van der Waals surface area contributed by atoms with Gasteiger partial charge in [0.15, 0.2) is 0 Å². The van der Waals surface area contributed by atoms with Gasteiger partial charge in [-0.3, -0.25) is 24.2 Å². The summed E-state index contributed by atoms with van der Waals surface area (Å²) < 4.78 is 5.15. The van der Waals surface area contributed by atoms with Crippen LogP contribution >= 0.6 is 0 Å². The van der Waals surface area contributed by atoms with E-state index in [0.717, 1.165) is 16.7 Å². The maximum atomic E-state index is 13.7. The van der Waals surface area contributed by atoms with Crippen molar-refractivity contribution < 1.29 is 28.7 Å². The molecule has 1 heterocycles. The molecular weight excluding hydrogens is 598 g/mol. The van der Waals surface area contributed by atoms with Crippen molar-refractivity contribution in [1.29, 1.82) is 0 Å². The normalized spacial score (nSPS) is 11.7. The number of benzene rings is 3. The minimum atomic E-state index is -1.17. The Kier molecular flexibility index (Phi) is 13.2. The minimum Gasteiger partial charge on any atom is -0.445 e. The molecule has 1 aromatic heterocycles. The number of pyridine rings is 1. The van der Waals surface area contributed by atoms with Crippen LogP contribution in [0.5, 0.6) is 0 Å². The predicted molar refractivity (Wildman–Crippen MR) is 175 cm³/mol. The van der Waals surface area contributed by atoms with Crippen LogP contribution in [-0.4, -0.2) is 53.7 Å². The maximum absolute atomic E-state index is 13.7. The lowest BCUT2D eigenvalue weighted by atomic mass is 9.98. The van der Waals surface area contributed by atoms with E-state index in [4.69, 9.17) is 4.74 Å². The number of carbonyl (C=O) groups excluding carboxylic acids is 5. The summed E-state index contributed by atoms with van der Waals surface area (Å²) in [5, 5.41) is 10.6. The molecule has 11 nitrogen and oxygen atoms in total. The molecule has 0 aliphatic rings. The Labute approximate surface area is 273 Å². The fourth-order valence-corrected chi connectivity index (χ4v) is 4.63. The maximum Gasteiger partial charge on any atom is 0.407 e. The van der Waals surface area contributed by atoms with Crippen molar-refractivity contribution in [3.63, 3.8) is 0 Å². The number of hydrogen-bond acceptors (Lipinski definition) is 7. The van der Waals surface area contributed by atoms with Gasteiger partial charge in [-0.1, -0.05) is 97.1 Å². The Morgan fingerprint density at radius 1 is 0.681 bits per heavy atom. The van der Waals surface area contributed by atoms with E-state index in [9.17, 15) is 24.0 Å². The molecule has 4 N–H and O–H groups in total. The number of hydrogen-bond donors (Lipinski definition) is 4. The molecule has 0 radical (unpaired) electrons. The van der Waals surface area contributed by atoms with E-state index in [1.54, 1.807) is 42.5 Å². The Balaban J connectivity index is 1.36. The third kappa shape index (κ3) is 11.5. The van der Waals surface area contributed by atoms with Gasteiger partial charge in [-0.15, -0.1) is 0 Å². The largest absolute Gasteiger partial charge is 0.445 e. The molecule has 4 rings (SSSR count). The van der Waals surface area contributed by atoms with Gasteiger partial charge in [0.25, 0.3) is 5.91 Å². The van der Waals surface area contributed by atoms with E-state index in [1.807, 2.05) is 66.7 Å². The monoisotopic (exact) mass is 635 g/mol. The van der Waals surface area contributed by atoms with Crippen molar-refractivity contribution in [1.82, 2.24) is 26.3 Å². The quantitative estimate of drug-likeness (QED) is 0.138. The number of nitrogens with zero attached hydrogens (tertiary/aromatic N) is 1. The van der Waals surface area contributed by atoms with Gasteiger partial charge < -0.3 is 26.0 Å². The average Bonchev–Trinajstić information content (AvgIpc) is 3.11. The average molecular weight is 636 g/mol. The highest BCUT2D eigenvalue weighted by Crippen LogP contribution is 2.14. The number of alkyl carbamates (subject to hydrolysis) is 1. The van der Waals surface area contributed by atoms with Gasteiger partial charge in [0.2, 0.25) is 17.6 Å². The molecule has 4 aromatic rings. The van der Waals surface area contributed by atoms with Crippen LogP contribution in [0, 0.1) is 0 Å². The first-order chi connectivity index (χ1) is 22.9. The third-order valence-corrected chi connectivity index (χ3v) is 7.13. The number of rotatable bonds is 16. The van der Waals surface area contributed by atoms with Crippen molar-refractivity contribution in [2.24, 2.45) is 0 Å². The van der Waals surface area contributed by atoms with Gasteiger partial charge in [0.05, 0.1) is 11.6 Å². The topological polar surface area (TPSA) is 156 Å². The van der Waals surface area contributed by atoms with Crippen molar-refractivity contribution in [2.45, 2.75) is 38.0 Å². The highest BCUT2D eigenvalue weighted by molar-refractivity contribution is 6.38. The number of carbonyl (C=O) groups is 5. The lowest BCUT2D eigenvalue weighted by molar-refractivity contribution is -0.140. The Morgan fingerprint density at radius 2 is 1.30 bits per heavy atom. The first-order valence-corrected chi connectivity index (χ1v) is 15.2. The van der Waals surface area contributed by atoms with Gasteiger partial charge in [-0.25, -0.2) is 4.79 Å². The zero-order chi connectivity index (χ0) is 33.3. The molecule has 0 aliphatic heterocycles. The molecule has 11 heteroatoms. The summed E-state index contributed by atoms with van der Waals surface area (Å²) in [6.45, 7) is 0.139. The minimum absolute atomic E-state index is 0.0195. The summed E-state index contributed by atoms with van der Waals surface area (Å²) in [6, 6.07) is 31.3. The molecule has 0 aliphatic carbocycles. The zero-order valence-corrected chi connectivity index (χ0v) is 25.8. The molecule has 242 valence electrons. The smallest absolute Gasteiger partial charge is 0.407 e. The molecule has 2 atom stereocenters. The summed E-state index contributed by atoms with van der Waals surface area (Å²) in [4.78, 5) is 68.9. The SMILES string of the molecule is O=C(CCNC(=O)OCc1ccccc1)NC[C@H](C(=O)N[C@@H](Cc1ccccc1)C(=O)C(=O)NCc1ccccc1)c1ccccn1. The van der Waals surface area contributed by atoms with Crippen LogP contribution in [-0.2, 0) is 43.5 Å². The highest BCUT2D eigenvalue weighted by Gasteiger charge is 2.31. The van der Waals surface area contributed by atoms with Crippen LogP contribution in [0.1, 0.15) is 34.7 Å². The van der Waals surface area contributed by atoms with E-state index >= 15 is 0 Å². The van der Waals surface area contributed by atoms with E-state index in [0.29, 0.717) is 5.69 Å². The highest BCUT2D eigenvalue weighted by atomic mass is 16.5. The van der Waals surface area contributed by atoms with Crippen molar-refractivity contribution in [2.75, 3.05) is 13.1 Å². The lowest BCUT2D eigenvalue weighted by Crippen LogP contribution is -2.50. The Hall–Kier alpha value is -5.84. The number of amides is 4. The van der Waals surface area contributed by atoms with E-state index < -0.39 is 41.6 Å². The molecule has 0 unspecified atom stereocenters. The van der Waals surface area contributed by atoms with Crippen LogP contribution in [0.3, 0.4) is 0 Å². The van der Waals surface area contributed by atoms with Gasteiger partial charge >= 0.3 is 6.09 Å². The van der Waals surface area contributed by atoms with Crippen LogP contribution in [0.4, 0.5) is 4.79 Å². The fraction of sp³-hybridized carbons (Fsp3) is 0.222. The molecule has 4 amide bonds. The third-order valence-electron chi connectivity index (χ3n) is 7.13. The second kappa shape index (κ2) is 18.2. The number of nitrogens with one attached hydrogen (secondary N) is 4. The Bertz CT molecular complexity index is 1600. The molecule has 0 bridgehead atoms. The zero-order valence-electron chi connectivity index (χ0n) is 25.8. The standard InChI is InChI=1S/C36H37N5O6/c42-32(19-21-38-36(46)47-25-28-16-8-3-9-17-28)39-24-29(30-18-10-11-20-37-30)34(44)41-31(22-26-12-4-1-5-13-26)33(43)35(45)40-23-27-14-6-2-7-15-27/h1-18,20,29,31H,19,21-25H2,(H,38,46)(H,39,42)(H,40,45)(H,41,44)/t29-,31-/m0/s1. The number of ketones is 1. The molecule has 3 aromatic carbocycles. The molecular formula is C36H37N5O6. The summed E-state index contributed by atoms with van der Waals surface area (Å²) in [5.41, 5.74) is 2.77. The fourth-order valence-electron chi connectivity index (χ4n) is 4.63. The summed E-state index contributed by atoms with van der Waals surface area (Å²) in [6.07, 6.45) is 0.881. The second-order valence-electron chi connectivity index (χ2n) is 10.6. The number of aromatic nitrogens is 1. The molecule has 0 saturated carbocycles. The molecule has 47 heavy (non-hydrogen) atoms. The first-order valence-electron chi connectivity index (χ1n) is 15.2. The molecule has 0 spiro atoms. The van der Waals surface area contributed by atoms with E-state index in [1.165, 1.54) is 6.20 Å². The van der Waals surface area contributed by atoms with Crippen LogP contribution in [0.25, 0.3) is 0 Å². The van der Waals surface area contributed by atoms with E-state index in [2.05, 4.69) is 26.3 Å². The van der Waals surface area contributed by atoms with Gasteiger partial charge in [-0.05, 0) is 28.8 Å². The summed E-state index contributed by atoms with van der Waals surface area (Å²) in [7, 11) is 0. The first kappa shape index (κ1) is 34.0. The van der Waals surface area contributed by atoms with Gasteiger partial charge in [0.1, 0.15) is 12.6 Å². The Morgan fingerprint density at radius 3 is 1.94 bits per heavy atom. The van der Waals surface area contributed by atoms with Crippen LogP contribution in [0.15, 0.2) is 115 Å². The number of ether oxygens (including phenoxy) is 1. The van der Waals surface area contributed by atoms with Gasteiger partial charge in [-0.2, -0.15) is 0 Å². The second-order valence-corrected chi connectivity index (χ2v) is 10.6. The molecule has 0 saturated heterocycles. The van der Waals surface area contributed by atoms with Gasteiger partial charge in [0, 0.05) is 38.7 Å². The van der Waals surface area contributed by atoms with Crippen LogP contribution < -0.4 is 21.3 Å². The van der Waals surface area contributed by atoms with E-state index in [-0.39, 0.29) is 39.1 Å². The van der Waals surface area contributed by atoms with Crippen LogP contribution in [0.2, 0.25) is 0 Å².